The van der Waals surface area contributed by atoms with E-state index in [4.69, 9.17) is 4.74 Å². The van der Waals surface area contributed by atoms with Crippen molar-refractivity contribution in [3.8, 4) is 0 Å². The molecule has 1 N–H and O–H groups in total. The number of nitrogens with zero attached hydrogens (tertiary/aromatic N) is 1. The van der Waals surface area contributed by atoms with Gasteiger partial charge < -0.3 is 10.1 Å². The summed E-state index contributed by atoms with van der Waals surface area (Å²) in [6.07, 6.45) is 3.23. The molecule has 1 saturated carbocycles. The Morgan fingerprint density at radius 3 is 2.62 bits per heavy atom. The Balaban J connectivity index is 1.96. The zero-order chi connectivity index (χ0) is 15.4. The number of aromatic nitrogens is 1. The minimum absolute atomic E-state index is 0.198. The highest BCUT2D eigenvalue weighted by Crippen LogP contribution is 2.28. The second-order valence-electron chi connectivity index (χ2n) is 5.85. The van der Waals surface area contributed by atoms with Gasteiger partial charge in [0, 0.05) is 11.4 Å². The van der Waals surface area contributed by atoms with Gasteiger partial charge in [-0.1, -0.05) is 13.8 Å². The number of ether oxygens (including phenoxy) is 1. The molecule has 2 rings (SSSR count). The van der Waals surface area contributed by atoms with Crippen LogP contribution < -0.4 is 5.32 Å². The van der Waals surface area contributed by atoms with E-state index in [1.165, 1.54) is 6.42 Å². The van der Waals surface area contributed by atoms with Crippen molar-refractivity contribution in [3.63, 3.8) is 0 Å². The minimum atomic E-state index is -0.471. The molecule has 0 saturated heterocycles. The van der Waals surface area contributed by atoms with E-state index in [0.717, 1.165) is 24.2 Å². The third-order valence-corrected chi connectivity index (χ3v) is 4.52. The summed E-state index contributed by atoms with van der Waals surface area (Å²) in [7, 11) is 0. The lowest BCUT2D eigenvalue weighted by Gasteiger charge is -2.31. The molecule has 0 spiro atoms. The maximum absolute atomic E-state index is 12.2. The molecule has 0 bridgehead atoms. The normalized spacial score (nSPS) is 25.4. The number of amides is 1. The van der Waals surface area contributed by atoms with Crippen molar-refractivity contribution in [1.82, 2.24) is 10.3 Å². The van der Waals surface area contributed by atoms with Crippen LogP contribution >= 0.6 is 11.3 Å². The van der Waals surface area contributed by atoms with Crippen molar-refractivity contribution in [1.29, 1.82) is 0 Å². The summed E-state index contributed by atoms with van der Waals surface area (Å²) >= 11 is 1.14. The van der Waals surface area contributed by atoms with Gasteiger partial charge in [-0.15, -0.1) is 11.3 Å². The van der Waals surface area contributed by atoms with Crippen LogP contribution in [0.2, 0.25) is 0 Å². The van der Waals surface area contributed by atoms with Gasteiger partial charge in [-0.2, -0.15) is 0 Å². The summed E-state index contributed by atoms with van der Waals surface area (Å²) < 4.78 is 4.88. The van der Waals surface area contributed by atoms with Crippen LogP contribution in [0.4, 0.5) is 0 Å². The number of thiazole rings is 1. The van der Waals surface area contributed by atoms with Crippen molar-refractivity contribution in [3.05, 3.63) is 16.1 Å². The molecule has 1 aliphatic rings. The number of esters is 1. The molecule has 21 heavy (non-hydrogen) atoms. The lowest BCUT2D eigenvalue weighted by Crippen LogP contribution is -2.40. The standard InChI is InChI=1S/C15H22N2O3S/c1-4-20-15(19)14-17-12(8-21-14)13(18)16-11-6-9(2)5-10(3)7-11/h8-11H,4-7H2,1-3H3,(H,16,18). The molecule has 1 aromatic rings. The molecule has 0 aromatic carbocycles. The predicted molar refractivity (Wildman–Crippen MR) is 81.5 cm³/mol. The molecule has 5 nitrogen and oxygen atoms in total. The molecule has 1 aliphatic carbocycles. The molecule has 116 valence electrons. The van der Waals surface area contributed by atoms with E-state index >= 15 is 0 Å². The van der Waals surface area contributed by atoms with Crippen molar-refractivity contribution < 1.29 is 14.3 Å². The Morgan fingerprint density at radius 1 is 1.33 bits per heavy atom. The number of rotatable bonds is 4. The average molecular weight is 310 g/mol. The largest absolute Gasteiger partial charge is 0.461 e. The van der Waals surface area contributed by atoms with Gasteiger partial charge in [0.05, 0.1) is 6.61 Å². The van der Waals surface area contributed by atoms with Gasteiger partial charge >= 0.3 is 5.97 Å². The summed E-state index contributed by atoms with van der Waals surface area (Å²) in [5.74, 6) is 0.587. The van der Waals surface area contributed by atoms with E-state index in [0.29, 0.717) is 24.1 Å². The van der Waals surface area contributed by atoms with Gasteiger partial charge in [-0.05, 0) is 38.0 Å². The maximum Gasteiger partial charge on any atom is 0.367 e. The van der Waals surface area contributed by atoms with Crippen molar-refractivity contribution in [2.24, 2.45) is 11.8 Å². The summed E-state index contributed by atoms with van der Waals surface area (Å²) in [6, 6.07) is 0.198. The van der Waals surface area contributed by atoms with Gasteiger partial charge in [0.2, 0.25) is 5.01 Å². The topological polar surface area (TPSA) is 68.3 Å². The lowest BCUT2D eigenvalue weighted by molar-refractivity contribution is 0.0526. The van der Waals surface area contributed by atoms with Crippen LogP contribution in [0.3, 0.4) is 0 Å². The smallest absolute Gasteiger partial charge is 0.367 e. The third-order valence-electron chi connectivity index (χ3n) is 3.70. The van der Waals surface area contributed by atoms with Gasteiger partial charge in [0.25, 0.3) is 5.91 Å². The Labute approximate surface area is 129 Å². The van der Waals surface area contributed by atoms with Gasteiger partial charge in [-0.3, -0.25) is 4.79 Å². The van der Waals surface area contributed by atoms with E-state index in [9.17, 15) is 9.59 Å². The first kappa shape index (κ1) is 15.9. The van der Waals surface area contributed by atoms with Crippen molar-refractivity contribution >= 4 is 23.2 Å². The van der Waals surface area contributed by atoms with Crippen LogP contribution in [0.5, 0.6) is 0 Å². The highest BCUT2D eigenvalue weighted by Gasteiger charge is 2.26. The fourth-order valence-electron chi connectivity index (χ4n) is 2.99. The Hall–Kier alpha value is -1.43. The van der Waals surface area contributed by atoms with E-state index in [1.807, 2.05) is 0 Å². The van der Waals surface area contributed by atoms with Crippen LogP contribution in [-0.4, -0.2) is 29.5 Å². The number of nitrogens with one attached hydrogen (secondary N) is 1. The van der Waals surface area contributed by atoms with Gasteiger partial charge in [0.15, 0.2) is 0 Å². The first-order valence-electron chi connectivity index (χ1n) is 7.43. The van der Waals surface area contributed by atoms with E-state index in [-0.39, 0.29) is 17.0 Å². The molecular weight excluding hydrogens is 288 g/mol. The SMILES string of the molecule is CCOC(=O)c1nc(C(=O)NC2CC(C)CC(C)C2)cs1. The summed E-state index contributed by atoms with van der Waals surface area (Å²) in [5, 5.41) is 4.87. The Morgan fingerprint density at radius 2 is 2.00 bits per heavy atom. The predicted octanol–water partition coefficient (Wildman–Crippen LogP) is 2.87. The number of carbonyl (C=O) groups is 2. The highest BCUT2D eigenvalue weighted by atomic mass is 32.1. The summed E-state index contributed by atoms with van der Waals surface area (Å²) in [6.45, 7) is 6.48. The first-order valence-corrected chi connectivity index (χ1v) is 8.31. The zero-order valence-electron chi connectivity index (χ0n) is 12.7. The molecular formula is C15H22N2O3S. The molecule has 2 atom stereocenters. The Kier molecular flexibility index (Phi) is 5.33. The number of hydrogen-bond acceptors (Lipinski definition) is 5. The quantitative estimate of drug-likeness (QED) is 0.868. The van der Waals surface area contributed by atoms with Crippen molar-refractivity contribution in [2.75, 3.05) is 6.61 Å². The summed E-state index contributed by atoms with van der Waals surface area (Å²) in [4.78, 5) is 27.8. The Bertz CT molecular complexity index is 505. The lowest BCUT2D eigenvalue weighted by atomic mass is 9.80. The van der Waals surface area contributed by atoms with Gasteiger partial charge in [-0.25, -0.2) is 9.78 Å². The zero-order valence-corrected chi connectivity index (χ0v) is 13.5. The van der Waals surface area contributed by atoms with Crippen LogP contribution in [0.1, 0.15) is 60.3 Å². The van der Waals surface area contributed by atoms with Crippen LogP contribution in [0.15, 0.2) is 5.38 Å². The number of carbonyl (C=O) groups excluding carboxylic acids is 2. The second-order valence-corrected chi connectivity index (χ2v) is 6.70. The summed E-state index contributed by atoms with van der Waals surface area (Å²) in [5.41, 5.74) is 0.300. The molecule has 1 aromatic heterocycles. The second kappa shape index (κ2) is 7.02. The van der Waals surface area contributed by atoms with Gasteiger partial charge in [0.1, 0.15) is 5.69 Å². The van der Waals surface area contributed by atoms with E-state index in [1.54, 1.807) is 12.3 Å². The van der Waals surface area contributed by atoms with Crippen LogP contribution in [0, 0.1) is 11.8 Å². The first-order chi connectivity index (χ1) is 9.99. The van der Waals surface area contributed by atoms with E-state index in [2.05, 4.69) is 24.1 Å². The van der Waals surface area contributed by atoms with Crippen LogP contribution in [-0.2, 0) is 4.74 Å². The maximum atomic E-state index is 12.2. The fourth-order valence-corrected chi connectivity index (χ4v) is 3.68. The number of hydrogen-bond donors (Lipinski definition) is 1. The van der Waals surface area contributed by atoms with Crippen LogP contribution in [0.25, 0.3) is 0 Å². The molecule has 0 radical (unpaired) electrons. The fraction of sp³-hybridized carbons (Fsp3) is 0.667. The molecule has 2 unspecified atom stereocenters. The highest BCUT2D eigenvalue weighted by molar-refractivity contribution is 7.11. The molecule has 1 amide bonds. The van der Waals surface area contributed by atoms with Crippen molar-refractivity contribution in [2.45, 2.75) is 46.1 Å². The van der Waals surface area contributed by atoms with E-state index < -0.39 is 5.97 Å². The average Bonchev–Trinajstić information content (AvgIpc) is 2.87. The molecule has 1 fully saturated rings. The monoisotopic (exact) mass is 310 g/mol. The molecule has 1 heterocycles. The molecule has 6 heteroatoms. The third kappa shape index (κ3) is 4.27. The minimum Gasteiger partial charge on any atom is -0.461 e. The molecule has 0 aliphatic heterocycles.